The third-order valence-corrected chi connectivity index (χ3v) is 1.56. The van der Waals surface area contributed by atoms with E-state index in [2.05, 4.69) is 13.2 Å². The summed E-state index contributed by atoms with van der Waals surface area (Å²) >= 11 is 0. The Kier molecular flexibility index (Phi) is 7.96. The first-order valence-electron chi connectivity index (χ1n) is 4.40. The highest BCUT2D eigenvalue weighted by atomic mass is 16.3. The molecule has 0 aliphatic rings. The van der Waals surface area contributed by atoms with E-state index in [1.165, 1.54) is 20.8 Å². The number of allylic oxidation sites excluding steroid dienone is 4. The molecule has 14 heavy (non-hydrogen) atoms. The number of rotatable bonds is 3. The minimum absolute atomic E-state index is 0.201. The molecule has 0 atom stereocenters. The fraction of sp³-hybridized carbons (Fsp3) is 0.417. The second-order valence-electron chi connectivity index (χ2n) is 3.47. The first-order chi connectivity index (χ1) is 6.25. The van der Waals surface area contributed by atoms with Crippen molar-refractivity contribution in [2.45, 2.75) is 33.3 Å². The lowest BCUT2D eigenvalue weighted by Crippen LogP contribution is -2.27. The van der Waals surface area contributed by atoms with E-state index in [4.69, 9.17) is 5.11 Å². The first-order valence-corrected chi connectivity index (χ1v) is 4.40. The monoisotopic (exact) mass is 196 g/mol. The van der Waals surface area contributed by atoms with Crippen LogP contribution < -0.4 is 0 Å². The van der Waals surface area contributed by atoms with Gasteiger partial charge < -0.3 is 5.11 Å². The Morgan fingerprint density at radius 3 is 1.71 bits per heavy atom. The summed E-state index contributed by atoms with van der Waals surface area (Å²) in [6.45, 7) is 13.4. The standard InChI is InChI=1S/C7H10.C5H10O2/c1-4-6-7(3)5-2;1-4(6)5(2,3)7/h4-6H,1-2H2,3H3;7H,1-3H3/b7-6-;. The predicted molar refractivity (Wildman–Crippen MR) is 61.1 cm³/mol. The molecule has 0 aliphatic heterocycles. The Bertz CT molecular complexity index is 229. The largest absolute Gasteiger partial charge is 0.383 e. The molecular formula is C12H20O2. The molecule has 2 nitrogen and oxygen atoms in total. The Balaban J connectivity index is 0. The zero-order chi connectivity index (χ0) is 11.8. The summed E-state index contributed by atoms with van der Waals surface area (Å²) in [4.78, 5) is 10.2. The molecule has 0 bridgehead atoms. The van der Waals surface area contributed by atoms with Crippen LogP contribution in [0, 0.1) is 0 Å². The van der Waals surface area contributed by atoms with Gasteiger partial charge >= 0.3 is 0 Å². The van der Waals surface area contributed by atoms with Crippen LogP contribution >= 0.6 is 0 Å². The van der Waals surface area contributed by atoms with Crippen molar-refractivity contribution in [1.29, 1.82) is 0 Å². The molecule has 0 heterocycles. The average molecular weight is 196 g/mol. The van der Waals surface area contributed by atoms with E-state index in [1.54, 1.807) is 12.2 Å². The van der Waals surface area contributed by atoms with Gasteiger partial charge in [-0.05, 0) is 27.7 Å². The van der Waals surface area contributed by atoms with E-state index < -0.39 is 5.60 Å². The highest BCUT2D eigenvalue weighted by Gasteiger charge is 2.17. The molecule has 0 aromatic heterocycles. The van der Waals surface area contributed by atoms with E-state index in [1.807, 2.05) is 13.0 Å². The fourth-order valence-electron chi connectivity index (χ4n) is 0.254. The lowest BCUT2D eigenvalue weighted by Gasteiger charge is -2.10. The molecule has 0 aromatic carbocycles. The molecule has 0 rings (SSSR count). The van der Waals surface area contributed by atoms with Crippen LogP contribution in [0.15, 0.2) is 37.0 Å². The minimum Gasteiger partial charge on any atom is -0.383 e. The SMILES string of the molecule is C=C/C=C(/C)C=C.CC(=O)C(C)(C)O. The van der Waals surface area contributed by atoms with Crippen LogP contribution in [0.25, 0.3) is 0 Å². The molecule has 0 aliphatic carbocycles. The summed E-state index contributed by atoms with van der Waals surface area (Å²) in [6.07, 6.45) is 5.45. The van der Waals surface area contributed by atoms with E-state index in [0.29, 0.717) is 0 Å². The number of ketones is 1. The van der Waals surface area contributed by atoms with Crippen LogP contribution in [0.5, 0.6) is 0 Å². The average Bonchev–Trinajstić information content (AvgIpc) is 2.04. The van der Waals surface area contributed by atoms with Crippen molar-refractivity contribution in [3.05, 3.63) is 37.0 Å². The number of hydrogen-bond donors (Lipinski definition) is 1. The number of hydrogen-bond acceptors (Lipinski definition) is 2. The predicted octanol–water partition coefficient (Wildman–Crippen LogP) is 2.65. The maximum Gasteiger partial charge on any atom is 0.160 e. The molecule has 0 unspecified atom stereocenters. The Hall–Kier alpha value is -1.15. The van der Waals surface area contributed by atoms with Gasteiger partial charge in [0.05, 0.1) is 0 Å². The quantitative estimate of drug-likeness (QED) is 0.704. The van der Waals surface area contributed by atoms with Crippen LogP contribution in [-0.2, 0) is 4.79 Å². The molecular weight excluding hydrogens is 176 g/mol. The van der Waals surface area contributed by atoms with E-state index in [9.17, 15) is 4.79 Å². The summed E-state index contributed by atoms with van der Waals surface area (Å²) in [5.41, 5.74) is 0.00926. The highest BCUT2D eigenvalue weighted by molar-refractivity contribution is 5.83. The van der Waals surface area contributed by atoms with Gasteiger partial charge in [0, 0.05) is 0 Å². The molecule has 0 saturated carbocycles. The molecule has 0 saturated heterocycles. The minimum atomic E-state index is -1.14. The Morgan fingerprint density at radius 2 is 1.64 bits per heavy atom. The molecule has 0 amide bonds. The molecule has 0 radical (unpaired) electrons. The third kappa shape index (κ3) is 10.8. The zero-order valence-electron chi connectivity index (χ0n) is 9.50. The van der Waals surface area contributed by atoms with Crippen LogP contribution in [0.1, 0.15) is 27.7 Å². The highest BCUT2D eigenvalue weighted by Crippen LogP contribution is 1.99. The summed E-state index contributed by atoms with van der Waals surface area (Å²) in [6, 6.07) is 0. The normalized spacial score (nSPS) is 11.1. The van der Waals surface area contributed by atoms with Crippen molar-refractivity contribution >= 4 is 5.78 Å². The molecule has 2 heteroatoms. The Labute approximate surface area is 86.6 Å². The maximum absolute atomic E-state index is 10.2. The van der Waals surface area contributed by atoms with E-state index >= 15 is 0 Å². The molecule has 80 valence electrons. The smallest absolute Gasteiger partial charge is 0.160 e. The summed E-state index contributed by atoms with van der Waals surface area (Å²) < 4.78 is 0. The lowest BCUT2D eigenvalue weighted by atomic mass is 10.1. The Morgan fingerprint density at radius 1 is 1.29 bits per heavy atom. The summed E-state index contributed by atoms with van der Waals surface area (Å²) in [5.74, 6) is -0.201. The van der Waals surface area contributed by atoms with Gasteiger partial charge in [-0.3, -0.25) is 4.79 Å². The van der Waals surface area contributed by atoms with Gasteiger partial charge in [0.25, 0.3) is 0 Å². The van der Waals surface area contributed by atoms with Crippen molar-refractivity contribution in [3.8, 4) is 0 Å². The summed E-state index contributed by atoms with van der Waals surface area (Å²) in [5, 5.41) is 8.75. The van der Waals surface area contributed by atoms with E-state index in [0.717, 1.165) is 5.57 Å². The van der Waals surface area contributed by atoms with Gasteiger partial charge in [-0.1, -0.05) is 37.0 Å². The second kappa shape index (κ2) is 7.27. The summed E-state index contributed by atoms with van der Waals surface area (Å²) in [7, 11) is 0. The molecule has 1 N–H and O–H groups in total. The molecule has 0 fully saturated rings. The van der Waals surface area contributed by atoms with Gasteiger partial charge in [-0.25, -0.2) is 0 Å². The van der Waals surface area contributed by atoms with Gasteiger partial charge in [-0.15, -0.1) is 0 Å². The van der Waals surface area contributed by atoms with Gasteiger partial charge in [-0.2, -0.15) is 0 Å². The van der Waals surface area contributed by atoms with Gasteiger partial charge in [0.2, 0.25) is 0 Å². The molecule has 0 spiro atoms. The van der Waals surface area contributed by atoms with Gasteiger partial charge in [0.15, 0.2) is 5.78 Å². The van der Waals surface area contributed by atoms with Crippen molar-refractivity contribution in [2.24, 2.45) is 0 Å². The van der Waals surface area contributed by atoms with Crippen molar-refractivity contribution in [3.63, 3.8) is 0 Å². The second-order valence-corrected chi connectivity index (χ2v) is 3.47. The third-order valence-electron chi connectivity index (χ3n) is 1.56. The van der Waals surface area contributed by atoms with Crippen LogP contribution in [-0.4, -0.2) is 16.5 Å². The molecule has 0 aromatic rings. The number of carbonyl (C=O) groups excluding carboxylic acids is 1. The van der Waals surface area contributed by atoms with Crippen molar-refractivity contribution in [2.75, 3.05) is 0 Å². The first kappa shape index (κ1) is 15.3. The van der Waals surface area contributed by atoms with E-state index in [-0.39, 0.29) is 5.78 Å². The number of carbonyl (C=O) groups is 1. The van der Waals surface area contributed by atoms with Crippen LogP contribution in [0.4, 0.5) is 0 Å². The van der Waals surface area contributed by atoms with Crippen molar-refractivity contribution in [1.82, 2.24) is 0 Å². The van der Waals surface area contributed by atoms with Crippen molar-refractivity contribution < 1.29 is 9.90 Å². The number of Topliss-reactive ketones (excluding diaryl/α,β-unsaturated/α-hetero) is 1. The van der Waals surface area contributed by atoms with Crippen LogP contribution in [0.2, 0.25) is 0 Å². The lowest BCUT2D eigenvalue weighted by molar-refractivity contribution is -0.131. The van der Waals surface area contributed by atoms with Gasteiger partial charge in [0.1, 0.15) is 5.60 Å². The number of aliphatic hydroxyl groups is 1. The zero-order valence-corrected chi connectivity index (χ0v) is 9.50. The maximum atomic E-state index is 10.2. The van der Waals surface area contributed by atoms with Crippen LogP contribution in [0.3, 0.4) is 0 Å². The fourth-order valence-corrected chi connectivity index (χ4v) is 0.254. The topological polar surface area (TPSA) is 37.3 Å².